The van der Waals surface area contributed by atoms with Gasteiger partial charge in [0.15, 0.2) is 6.10 Å². The number of benzene rings is 2. The number of aliphatic hydroxyl groups is 1. The molecular weight excluding hydrogens is 492 g/mol. The first kappa shape index (κ1) is 28.3. The first-order chi connectivity index (χ1) is 17.6. The van der Waals surface area contributed by atoms with Crippen molar-refractivity contribution < 1.29 is 29.0 Å². The molecule has 1 aliphatic rings. The Hall–Kier alpha value is -3.30. The quantitative estimate of drug-likeness (QED) is 0.362. The van der Waals surface area contributed by atoms with Gasteiger partial charge in [0.05, 0.1) is 19.0 Å². The summed E-state index contributed by atoms with van der Waals surface area (Å²) in [5.74, 6) is -0.894. The molecule has 1 unspecified atom stereocenters. The fourth-order valence-corrected chi connectivity index (χ4v) is 5.50. The minimum absolute atomic E-state index is 0.0211. The normalized spacial score (nSPS) is 18.0. The third kappa shape index (κ3) is 6.53. The van der Waals surface area contributed by atoms with Crippen LogP contribution < -0.4 is 10.1 Å². The molecule has 0 bridgehead atoms. The third-order valence-electron chi connectivity index (χ3n) is 6.39. The number of ether oxygens (including phenoxy) is 2. The van der Waals surface area contributed by atoms with Gasteiger partial charge in [0.25, 0.3) is 11.8 Å². The molecule has 2 aromatic rings. The molecule has 2 aromatic carbocycles. The van der Waals surface area contributed by atoms with Crippen molar-refractivity contribution in [1.29, 1.82) is 0 Å². The molecule has 2 N–H and O–H groups in total. The van der Waals surface area contributed by atoms with Gasteiger partial charge in [0.1, 0.15) is 18.4 Å². The van der Waals surface area contributed by atoms with E-state index in [9.17, 15) is 19.5 Å². The Bertz CT molecular complexity index is 1140. The van der Waals surface area contributed by atoms with Crippen molar-refractivity contribution in [3.05, 3.63) is 77.9 Å². The van der Waals surface area contributed by atoms with Crippen molar-refractivity contribution in [2.45, 2.75) is 50.1 Å². The van der Waals surface area contributed by atoms with E-state index in [1.165, 1.54) is 29.8 Å². The van der Waals surface area contributed by atoms with Gasteiger partial charge in [-0.15, -0.1) is 11.8 Å². The zero-order chi connectivity index (χ0) is 27.2. The molecule has 3 rings (SSSR count). The largest absolute Gasteiger partial charge is 0.496 e. The van der Waals surface area contributed by atoms with Gasteiger partial charge in [0, 0.05) is 15.9 Å². The molecule has 0 saturated carbocycles. The summed E-state index contributed by atoms with van der Waals surface area (Å²) in [6.45, 7) is 9.06. The van der Waals surface area contributed by atoms with Crippen molar-refractivity contribution in [3.63, 3.8) is 0 Å². The zero-order valence-corrected chi connectivity index (χ0v) is 22.4. The molecular formula is C28H34N2O6S. The maximum Gasteiger partial charge on any atom is 0.330 e. The van der Waals surface area contributed by atoms with E-state index in [4.69, 9.17) is 9.47 Å². The second-order valence-electron chi connectivity index (χ2n) is 9.35. The molecule has 198 valence electrons. The van der Waals surface area contributed by atoms with Crippen molar-refractivity contribution in [2.75, 3.05) is 19.6 Å². The number of aliphatic hydroxyl groups excluding tert-OH is 1. The highest BCUT2D eigenvalue weighted by Crippen LogP contribution is 2.40. The number of hydrogen-bond acceptors (Lipinski definition) is 7. The lowest BCUT2D eigenvalue weighted by Crippen LogP contribution is -2.57. The van der Waals surface area contributed by atoms with E-state index in [2.05, 4.69) is 11.9 Å². The summed E-state index contributed by atoms with van der Waals surface area (Å²) >= 11 is 1.42. The lowest BCUT2D eigenvalue weighted by atomic mass is 9.97. The van der Waals surface area contributed by atoms with E-state index >= 15 is 0 Å². The number of thioether (sulfide) groups is 1. The Morgan fingerprint density at radius 3 is 2.57 bits per heavy atom. The fraction of sp³-hybridized carbons (Fsp3) is 0.393. The summed E-state index contributed by atoms with van der Waals surface area (Å²) in [5.41, 5.74) is 1.85. The lowest BCUT2D eigenvalue weighted by Gasteiger charge is -2.32. The van der Waals surface area contributed by atoms with Crippen LogP contribution in [-0.2, 0) is 20.7 Å². The van der Waals surface area contributed by atoms with Crippen molar-refractivity contribution >= 4 is 29.5 Å². The van der Waals surface area contributed by atoms with Crippen molar-refractivity contribution in [3.8, 4) is 5.75 Å². The minimum atomic E-state index is -1.60. The van der Waals surface area contributed by atoms with E-state index < -0.39 is 40.7 Å². The molecule has 3 atom stereocenters. The second kappa shape index (κ2) is 12.3. The van der Waals surface area contributed by atoms with Gasteiger partial charge in [-0.05, 0) is 44.9 Å². The van der Waals surface area contributed by atoms with Gasteiger partial charge >= 0.3 is 5.97 Å². The van der Waals surface area contributed by atoms with Gasteiger partial charge < -0.3 is 24.8 Å². The lowest BCUT2D eigenvalue weighted by molar-refractivity contribution is -0.157. The first-order valence-corrected chi connectivity index (χ1v) is 13.0. The van der Waals surface area contributed by atoms with Crippen LogP contribution in [0, 0.1) is 6.92 Å². The highest BCUT2D eigenvalue weighted by molar-refractivity contribution is 8.00. The minimum Gasteiger partial charge on any atom is -0.496 e. The number of rotatable bonds is 10. The van der Waals surface area contributed by atoms with E-state index in [-0.39, 0.29) is 18.9 Å². The van der Waals surface area contributed by atoms with Crippen LogP contribution in [0.5, 0.6) is 5.75 Å². The Labute approximate surface area is 222 Å². The highest BCUT2D eigenvalue weighted by atomic mass is 32.2. The third-order valence-corrected chi connectivity index (χ3v) is 7.77. The van der Waals surface area contributed by atoms with E-state index in [1.54, 1.807) is 25.1 Å². The van der Waals surface area contributed by atoms with Gasteiger partial charge in [-0.2, -0.15) is 0 Å². The number of nitrogens with zero attached hydrogens (tertiary/aromatic N) is 1. The number of nitrogens with one attached hydrogen (secondary N) is 1. The predicted molar refractivity (Wildman–Crippen MR) is 143 cm³/mol. The molecule has 1 fully saturated rings. The van der Waals surface area contributed by atoms with Crippen LogP contribution in [0.25, 0.3) is 0 Å². The van der Waals surface area contributed by atoms with Crippen LogP contribution in [0.1, 0.15) is 35.3 Å². The zero-order valence-electron chi connectivity index (χ0n) is 21.6. The van der Waals surface area contributed by atoms with E-state index in [0.717, 1.165) is 5.56 Å². The molecule has 9 heteroatoms. The van der Waals surface area contributed by atoms with E-state index in [1.807, 2.05) is 44.2 Å². The number of amides is 2. The maximum absolute atomic E-state index is 13.6. The Kier molecular flexibility index (Phi) is 9.39. The topological polar surface area (TPSA) is 105 Å². The molecule has 0 aromatic heterocycles. The number of methoxy groups -OCH3 is 1. The Morgan fingerprint density at radius 2 is 1.92 bits per heavy atom. The molecule has 1 saturated heterocycles. The monoisotopic (exact) mass is 526 g/mol. The summed E-state index contributed by atoms with van der Waals surface area (Å²) in [7, 11) is 1.52. The molecule has 37 heavy (non-hydrogen) atoms. The smallest absolute Gasteiger partial charge is 0.330 e. The summed E-state index contributed by atoms with van der Waals surface area (Å²) in [5, 5.41) is 14.2. The first-order valence-electron chi connectivity index (χ1n) is 12.0. The van der Waals surface area contributed by atoms with Gasteiger partial charge in [-0.1, -0.05) is 49.1 Å². The summed E-state index contributed by atoms with van der Waals surface area (Å²) in [4.78, 5) is 41.1. The van der Waals surface area contributed by atoms with Crippen molar-refractivity contribution in [1.82, 2.24) is 10.2 Å². The summed E-state index contributed by atoms with van der Waals surface area (Å²) in [6, 6.07) is 12.5. The van der Waals surface area contributed by atoms with Crippen LogP contribution in [0.3, 0.4) is 0 Å². The Morgan fingerprint density at radius 1 is 1.22 bits per heavy atom. The number of esters is 1. The molecule has 0 spiro atoms. The van der Waals surface area contributed by atoms with Crippen LogP contribution in [0.15, 0.2) is 61.2 Å². The molecule has 1 heterocycles. The highest BCUT2D eigenvalue weighted by Gasteiger charge is 2.50. The molecule has 1 aliphatic heterocycles. The Balaban J connectivity index is 1.89. The maximum atomic E-state index is 13.6. The molecule has 2 amide bonds. The number of carbonyl (C=O) groups excluding carboxylic acids is 3. The number of hydrogen-bond donors (Lipinski definition) is 2. The molecule has 0 radical (unpaired) electrons. The SMILES string of the molecule is C=CCOC(=O)C1N(C(=O)[C@@H](O)[C@H](Cc2ccccc2)NC(=O)c2cccc(OC)c2C)CSC1(C)C. The average molecular weight is 527 g/mol. The summed E-state index contributed by atoms with van der Waals surface area (Å²) in [6.07, 6.45) is 0.0672. The van der Waals surface area contributed by atoms with Gasteiger partial charge in [-0.25, -0.2) is 4.79 Å². The van der Waals surface area contributed by atoms with Crippen LogP contribution in [0.4, 0.5) is 0 Å². The van der Waals surface area contributed by atoms with Crippen LogP contribution in [0.2, 0.25) is 0 Å². The standard InChI is InChI=1S/C28H34N2O6S/c1-6-15-36-27(34)24-28(3,4)37-17-30(24)26(33)23(31)21(16-19-11-8-7-9-12-19)29-25(32)20-13-10-14-22(35-5)18(20)2/h6-14,21,23-24,31H,1,15-17H2,2-5H3,(H,29,32)/t21-,23-,24?/m0/s1. The van der Waals surface area contributed by atoms with Crippen molar-refractivity contribution in [2.24, 2.45) is 0 Å². The predicted octanol–water partition coefficient (Wildman–Crippen LogP) is 3.11. The molecule has 8 nitrogen and oxygen atoms in total. The van der Waals surface area contributed by atoms with Gasteiger partial charge in [0.2, 0.25) is 0 Å². The summed E-state index contributed by atoms with van der Waals surface area (Å²) < 4.78 is 9.96. The van der Waals surface area contributed by atoms with E-state index in [0.29, 0.717) is 16.9 Å². The van der Waals surface area contributed by atoms with Gasteiger partial charge in [-0.3, -0.25) is 9.59 Å². The fourth-order valence-electron chi connectivity index (χ4n) is 4.37. The number of carbonyl (C=O) groups is 3. The van der Waals surface area contributed by atoms with Crippen LogP contribution in [-0.4, -0.2) is 70.3 Å². The van der Waals surface area contributed by atoms with Crippen LogP contribution >= 0.6 is 11.8 Å². The average Bonchev–Trinajstić information content (AvgIpc) is 3.21. The second-order valence-corrected chi connectivity index (χ2v) is 11.0. The molecule has 0 aliphatic carbocycles.